The molecule has 1 N–H and O–H groups in total. The standard InChI is InChI=1S/C20H21N3O4/c1-13(22-26)15-3-5-16(6-4-15)17-7-9-18(10-8-17)23-12-19(27-20(23)25)11-21-14(2)24/h3-10,13,19H,11-12H2,1-2H3,(H,21,24). The lowest BCUT2D eigenvalue weighted by Gasteiger charge is -2.14. The summed E-state index contributed by atoms with van der Waals surface area (Å²) in [4.78, 5) is 35.3. The number of nitroso groups, excluding NO2 is 1. The van der Waals surface area contributed by atoms with Gasteiger partial charge in [-0.2, -0.15) is 4.91 Å². The molecule has 0 spiro atoms. The second kappa shape index (κ2) is 7.99. The van der Waals surface area contributed by atoms with Gasteiger partial charge >= 0.3 is 6.09 Å². The number of rotatable bonds is 6. The third kappa shape index (κ3) is 4.31. The molecule has 0 aliphatic carbocycles. The Morgan fingerprint density at radius 3 is 2.33 bits per heavy atom. The fraction of sp³-hybridized carbons (Fsp3) is 0.300. The summed E-state index contributed by atoms with van der Waals surface area (Å²) in [5.74, 6) is -0.154. The Kier molecular flexibility index (Phi) is 5.49. The van der Waals surface area contributed by atoms with Crippen LogP contribution in [0, 0.1) is 4.91 Å². The maximum Gasteiger partial charge on any atom is 0.414 e. The second-order valence-corrected chi connectivity index (χ2v) is 6.50. The molecule has 1 fully saturated rings. The van der Waals surface area contributed by atoms with Gasteiger partial charge in [0, 0.05) is 12.6 Å². The smallest absolute Gasteiger partial charge is 0.414 e. The lowest BCUT2D eigenvalue weighted by Crippen LogP contribution is -2.33. The molecule has 7 nitrogen and oxygen atoms in total. The van der Waals surface area contributed by atoms with E-state index in [1.807, 2.05) is 48.5 Å². The number of benzene rings is 2. The van der Waals surface area contributed by atoms with Gasteiger partial charge in [-0.25, -0.2) is 4.79 Å². The van der Waals surface area contributed by atoms with E-state index in [0.717, 1.165) is 22.4 Å². The molecule has 27 heavy (non-hydrogen) atoms. The molecule has 2 amide bonds. The zero-order valence-electron chi connectivity index (χ0n) is 15.2. The first-order chi connectivity index (χ1) is 13.0. The number of hydrogen-bond donors (Lipinski definition) is 1. The van der Waals surface area contributed by atoms with Crippen molar-refractivity contribution in [2.24, 2.45) is 5.18 Å². The summed E-state index contributed by atoms with van der Waals surface area (Å²) in [7, 11) is 0. The highest BCUT2D eigenvalue weighted by atomic mass is 16.6. The summed E-state index contributed by atoms with van der Waals surface area (Å²) >= 11 is 0. The molecule has 2 aromatic carbocycles. The van der Waals surface area contributed by atoms with E-state index >= 15 is 0 Å². The van der Waals surface area contributed by atoms with E-state index in [-0.39, 0.29) is 18.1 Å². The van der Waals surface area contributed by atoms with Crippen LogP contribution in [0.4, 0.5) is 10.5 Å². The zero-order chi connectivity index (χ0) is 19.4. The number of ether oxygens (including phenoxy) is 1. The van der Waals surface area contributed by atoms with Crippen LogP contribution in [0.2, 0.25) is 0 Å². The van der Waals surface area contributed by atoms with E-state index in [4.69, 9.17) is 4.74 Å². The van der Waals surface area contributed by atoms with Crippen molar-refractivity contribution < 1.29 is 14.3 Å². The first kappa shape index (κ1) is 18.6. The average molecular weight is 367 g/mol. The van der Waals surface area contributed by atoms with E-state index in [2.05, 4.69) is 10.5 Å². The van der Waals surface area contributed by atoms with Crippen LogP contribution in [-0.4, -0.2) is 31.2 Å². The first-order valence-corrected chi connectivity index (χ1v) is 8.73. The van der Waals surface area contributed by atoms with Gasteiger partial charge in [-0.3, -0.25) is 9.69 Å². The minimum absolute atomic E-state index is 0.154. The zero-order valence-corrected chi connectivity index (χ0v) is 15.2. The Morgan fingerprint density at radius 1 is 1.19 bits per heavy atom. The predicted octanol–water partition coefficient (Wildman–Crippen LogP) is 3.64. The fourth-order valence-electron chi connectivity index (χ4n) is 2.95. The number of nitrogens with one attached hydrogen (secondary N) is 1. The van der Waals surface area contributed by atoms with Crippen LogP contribution in [0.15, 0.2) is 53.7 Å². The van der Waals surface area contributed by atoms with Gasteiger partial charge in [-0.05, 0) is 35.7 Å². The summed E-state index contributed by atoms with van der Waals surface area (Å²) < 4.78 is 5.28. The molecule has 7 heteroatoms. The monoisotopic (exact) mass is 367 g/mol. The van der Waals surface area contributed by atoms with Gasteiger partial charge in [0.15, 0.2) is 0 Å². The number of carbonyl (C=O) groups excluding carboxylic acids is 2. The number of amides is 2. The third-order valence-electron chi connectivity index (χ3n) is 4.52. The molecule has 1 heterocycles. The van der Waals surface area contributed by atoms with Gasteiger partial charge < -0.3 is 10.1 Å². The molecule has 3 rings (SSSR count). The summed E-state index contributed by atoms with van der Waals surface area (Å²) in [6.45, 7) is 3.88. The van der Waals surface area contributed by atoms with Crippen molar-refractivity contribution in [3.05, 3.63) is 59.0 Å². The van der Waals surface area contributed by atoms with Crippen molar-refractivity contribution in [3.8, 4) is 11.1 Å². The van der Waals surface area contributed by atoms with Crippen molar-refractivity contribution in [1.82, 2.24) is 5.32 Å². The summed E-state index contributed by atoms with van der Waals surface area (Å²) in [6.07, 6.45) is -0.778. The normalized spacial score (nSPS) is 17.3. The Labute approximate surface area is 157 Å². The van der Waals surface area contributed by atoms with Crippen LogP contribution in [0.25, 0.3) is 11.1 Å². The molecule has 1 saturated heterocycles. The molecule has 2 unspecified atom stereocenters. The second-order valence-electron chi connectivity index (χ2n) is 6.50. The minimum atomic E-state index is -0.419. The molecule has 0 bridgehead atoms. The molecule has 0 radical (unpaired) electrons. The van der Waals surface area contributed by atoms with E-state index in [1.54, 1.807) is 11.8 Å². The minimum Gasteiger partial charge on any atom is -0.442 e. The predicted molar refractivity (Wildman–Crippen MR) is 102 cm³/mol. The maximum absolute atomic E-state index is 12.1. The number of nitrogens with zero attached hydrogens (tertiary/aromatic N) is 2. The summed E-state index contributed by atoms with van der Waals surface area (Å²) in [5, 5.41) is 5.69. The van der Waals surface area contributed by atoms with Crippen molar-refractivity contribution in [2.75, 3.05) is 18.0 Å². The van der Waals surface area contributed by atoms with Crippen LogP contribution in [0.3, 0.4) is 0 Å². The van der Waals surface area contributed by atoms with Crippen LogP contribution in [0.5, 0.6) is 0 Å². The van der Waals surface area contributed by atoms with Crippen molar-refractivity contribution >= 4 is 17.7 Å². The summed E-state index contributed by atoms with van der Waals surface area (Å²) in [6, 6.07) is 14.9. The van der Waals surface area contributed by atoms with E-state index in [0.29, 0.717) is 13.1 Å². The topological polar surface area (TPSA) is 88.1 Å². The number of anilines is 1. The molecule has 0 saturated carbocycles. The molecular formula is C20H21N3O4. The van der Waals surface area contributed by atoms with E-state index in [9.17, 15) is 14.5 Å². The van der Waals surface area contributed by atoms with Gasteiger partial charge in [0.25, 0.3) is 0 Å². The van der Waals surface area contributed by atoms with Crippen LogP contribution in [-0.2, 0) is 9.53 Å². The number of hydrogen-bond acceptors (Lipinski definition) is 5. The lowest BCUT2D eigenvalue weighted by molar-refractivity contribution is -0.119. The molecule has 2 atom stereocenters. The molecular weight excluding hydrogens is 346 g/mol. The largest absolute Gasteiger partial charge is 0.442 e. The first-order valence-electron chi connectivity index (χ1n) is 8.73. The Bertz CT molecular complexity index is 833. The van der Waals surface area contributed by atoms with Crippen molar-refractivity contribution in [2.45, 2.75) is 26.0 Å². The Balaban J connectivity index is 1.69. The quantitative estimate of drug-likeness (QED) is 0.790. The molecule has 140 valence electrons. The highest BCUT2D eigenvalue weighted by molar-refractivity contribution is 5.90. The van der Waals surface area contributed by atoms with Crippen molar-refractivity contribution in [3.63, 3.8) is 0 Å². The van der Waals surface area contributed by atoms with Crippen molar-refractivity contribution in [1.29, 1.82) is 0 Å². The van der Waals surface area contributed by atoms with E-state index in [1.165, 1.54) is 6.92 Å². The third-order valence-corrected chi connectivity index (χ3v) is 4.52. The molecule has 0 aromatic heterocycles. The highest BCUT2D eigenvalue weighted by Gasteiger charge is 2.32. The Hall–Kier alpha value is -3.22. The average Bonchev–Trinajstić information content (AvgIpc) is 3.06. The van der Waals surface area contributed by atoms with E-state index < -0.39 is 6.09 Å². The Morgan fingerprint density at radius 2 is 1.78 bits per heavy atom. The molecule has 1 aliphatic heterocycles. The summed E-state index contributed by atoms with van der Waals surface area (Å²) in [5.41, 5.74) is 3.62. The number of carbonyl (C=O) groups is 2. The van der Waals surface area contributed by atoms with Crippen LogP contribution in [0.1, 0.15) is 25.5 Å². The SMILES string of the molecule is CC(=O)NCC1CN(c2ccc(-c3ccc(C(C)N=O)cc3)cc2)C(=O)O1. The van der Waals surface area contributed by atoms with Crippen LogP contribution < -0.4 is 10.2 Å². The van der Waals surface area contributed by atoms with Crippen LogP contribution >= 0.6 is 0 Å². The van der Waals surface area contributed by atoms with Gasteiger partial charge in [0.1, 0.15) is 12.1 Å². The van der Waals surface area contributed by atoms with Gasteiger partial charge in [0.2, 0.25) is 5.91 Å². The molecule has 2 aromatic rings. The molecule has 1 aliphatic rings. The maximum atomic E-state index is 12.1. The van der Waals surface area contributed by atoms with Gasteiger partial charge in [-0.15, -0.1) is 0 Å². The van der Waals surface area contributed by atoms with Gasteiger partial charge in [0.05, 0.1) is 13.1 Å². The number of cyclic esters (lactones) is 1. The lowest BCUT2D eigenvalue weighted by atomic mass is 10.0. The highest BCUT2D eigenvalue weighted by Crippen LogP contribution is 2.27. The van der Waals surface area contributed by atoms with Gasteiger partial charge in [-0.1, -0.05) is 41.6 Å². The fourth-order valence-corrected chi connectivity index (χ4v) is 2.95.